The molecule has 0 radical (unpaired) electrons. The van der Waals surface area contributed by atoms with E-state index in [1.54, 1.807) is 0 Å². The monoisotopic (exact) mass is 1690 g/mol. The van der Waals surface area contributed by atoms with Crippen molar-refractivity contribution in [2.45, 2.75) is 77.0 Å². The molecule has 0 saturated heterocycles. The molecule has 6 heteroatoms. The minimum atomic E-state index is -0.186. The molecule has 0 atom stereocenters. The molecule has 132 heavy (non-hydrogen) atoms. The normalized spacial score (nSPS) is 14.3. The van der Waals surface area contributed by atoms with Gasteiger partial charge in [-0.15, -0.1) is 0 Å². The molecule has 29 rings (SSSR count). The van der Waals surface area contributed by atoms with E-state index < -0.39 is 0 Å². The van der Waals surface area contributed by atoms with E-state index in [0.717, 1.165) is 88.2 Å². The maximum absolute atomic E-state index is 6.46. The van der Waals surface area contributed by atoms with E-state index >= 15 is 0 Å². The van der Waals surface area contributed by atoms with Crippen molar-refractivity contribution in [1.82, 2.24) is 13.7 Å². The van der Waals surface area contributed by atoms with Crippen molar-refractivity contribution in [2.75, 3.05) is 0 Å². The second-order valence-electron chi connectivity index (χ2n) is 38.8. The zero-order valence-corrected chi connectivity index (χ0v) is 74.6. The molecule has 25 aromatic rings. The van der Waals surface area contributed by atoms with Crippen LogP contribution in [-0.2, 0) is 21.7 Å². The van der Waals surface area contributed by atoms with Gasteiger partial charge in [0.25, 0.3) is 0 Å². The quantitative estimate of drug-likeness (QED) is 0.167. The van der Waals surface area contributed by atoms with Gasteiger partial charge in [0.05, 0.1) is 33.1 Å². The third kappa shape index (κ3) is 10.7. The van der Waals surface area contributed by atoms with Crippen LogP contribution in [0.4, 0.5) is 0 Å². The molecule has 0 amide bonds. The molecule has 0 spiro atoms. The van der Waals surface area contributed by atoms with Crippen molar-refractivity contribution >= 4 is 131 Å². The summed E-state index contributed by atoms with van der Waals surface area (Å²) >= 11 is 0. The molecule has 6 heterocycles. The first-order chi connectivity index (χ1) is 64.5. The van der Waals surface area contributed by atoms with Gasteiger partial charge in [0.2, 0.25) is 0 Å². The largest absolute Gasteiger partial charge is 0.456 e. The van der Waals surface area contributed by atoms with Crippen molar-refractivity contribution in [3.63, 3.8) is 0 Å². The highest BCUT2D eigenvalue weighted by atomic mass is 16.3. The number of para-hydroxylation sites is 8. The van der Waals surface area contributed by atoms with Crippen molar-refractivity contribution in [2.24, 2.45) is 0 Å². The standard InChI is InChI=1S/C48H35NO.2C39H27NO/c1-47(2)40-26-28(30-15-11-16-38-35-14-7-10-19-43(35)50-46(30)38)20-22-32(40)33-23-21-29(27-41(33)47)49-42-18-9-6-13-34(42)37-25-24-36-31-12-5-8-17-39(31)48(3,4)44(36)45(37)49;1-39(2)33-15-6-3-10-27(33)30-22-23-31-28-11-4-7-16-34(28)40(37(31)36(30)39)25-20-18-24(19-21-25)26-13-9-14-32-29-12-5-8-17-35(29)41-38(26)32;1-39(2)33-12-6-3-9-27(33)30-20-21-31-28-10-4-7-13-34(28)40(38(31)37(30)39)26-18-15-24(16-19-26)25-17-22-36-32(23-25)29-11-5-8-14-35(29)41-36/h5-27H,1-4H3;2*3-23H,1-2H3. The average molecular weight is 1690 g/mol. The Morgan fingerprint density at radius 1 is 0.174 bits per heavy atom. The number of benzene rings is 19. The van der Waals surface area contributed by atoms with Crippen LogP contribution in [0.25, 0.3) is 226 Å². The van der Waals surface area contributed by atoms with Gasteiger partial charge in [-0.25, -0.2) is 0 Å². The van der Waals surface area contributed by atoms with E-state index in [1.165, 1.54) is 182 Å². The van der Waals surface area contributed by atoms with Gasteiger partial charge in [-0.05, 0) is 202 Å². The molecule has 0 unspecified atom stereocenters. The maximum atomic E-state index is 6.46. The predicted octanol–water partition coefficient (Wildman–Crippen LogP) is 34.3. The highest BCUT2D eigenvalue weighted by Gasteiger charge is 2.43. The first-order valence-electron chi connectivity index (χ1n) is 46.3. The molecule has 6 nitrogen and oxygen atoms in total. The van der Waals surface area contributed by atoms with Gasteiger partial charge >= 0.3 is 0 Å². The molecule has 4 aliphatic rings. The van der Waals surface area contributed by atoms with Crippen LogP contribution in [-0.4, -0.2) is 13.7 Å². The topological polar surface area (TPSA) is 54.2 Å². The van der Waals surface area contributed by atoms with Gasteiger partial charge in [0, 0.05) is 114 Å². The molecule has 0 fully saturated rings. The Bertz CT molecular complexity index is 9270. The lowest BCUT2D eigenvalue weighted by atomic mass is 9.81. The first kappa shape index (κ1) is 76.1. The van der Waals surface area contributed by atoms with Gasteiger partial charge in [-0.3, -0.25) is 0 Å². The van der Waals surface area contributed by atoms with Gasteiger partial charge < -0.3 is 27.0 Å². The Labute approximate surface area is 763 Å². The third-order valence-electron chi connectivity index (χ3n) is 30.4. The summed E-state index contributed by atoms with van der Waals surface area (Å²) in [5.74, 6) is 0. The predicted molar refractivity (Wildman–Crippen MR) is 551 cm³/mol. The number of fused-ring (bicyclic) bond motifs is 33. The van der Waals surface area contributed by atoms with Crippen molar-refractivity contribution < 1.29 is 13.3 Å². The van der Waals surface area contributed by atoms with Crippen LogP contribution < -0.4 is 0 Å². The van der Waals surface area contributed by atoms with Gasteiger partial charge in [-0.1, -0.05) is 359 Å². The number of hydrogen-bond donors (Lipinski definition) is 0. The van der Waals surface area contributed by atoms with E-state index in [4.69, 9.17) is 13.3 Å². The average Bonchev–Trinajstić information content (AvgIpc) is 1.54. The molecule has 626 valence electrons. The second kappa shape index (κ2) is 27.8. The molecular formula is C126H89N3O3. The lowest BCUT2D eigenvalue weighted by Crippen LogP contribution is -2.17. The minimum Gasteiger partial charge on any atom is -0.456 e. The van der Waals surface area contributed by atoms with Crippen molar-refractivity contribution in [1.29, 1.82) is 0 Å². The lowest BCUT2D eigenvalue weighted by Gasteiger charge is -2.25. The Kier molecular flexibility index (Phi) is 16.0. The lowest BCUT2D eigenvalue weighted by molar-refractivity contribution is 0.659. The van der Waals surface area contributed by atoms with E-state index in [1.807, 2.05) is 30.3 Å². The minimum absolute atomic E-state index is 0.0969. The summed E-state index contributed by atoms with van der Waals surface area (Å²) in [5.41, 5.74) is 45.1. The van der Waals surface area contributed by atoms with E-state index in [-0.39, 0.29) is 21.7 Å². The summed E-state index contributed by atoms with van der Waals surface area (Å²) in [5, 5.41) is 14.7. The maximum Gasteiger partial charge on any atom is 0.143 e. The first-order valence-corrected chi connectivity index (χ1v) is 46.3. The van der Waals surface area contributed by atoms with Crippen LogP contribution in [0.5, 0.6) is 0 Å². The van der Waals surface area contributed by atoms with E-state index in [9.17, 15) is 0 Å². The highest BCUT2D eigenvalue weighted by Crippen LogP contribution is 2.59. The van der Waals surface area contributed by atoms with E-state index in [2.05, 4.69) is 433 Å². The smallest absolute Gasteiger partial charge is 0.143 e. The summed E-state index contributed by atoms with van der Waals surface area (Å²) < 4.78 is 26.4. The summed E-state index contributed by atoms with van der Waals surface area (Å²) in [6, 6.07) is 144. The third-order valence-corrected chi connectivity index (χ3v) is 30.4. The Morgan fingerprint density at radius 2 is 0.485 bits per heavy atom. The fourth-order valence-electron chi connectivity index (χ4n) is 24.2. The Morgan fingerprint density at radius 3 is 0.947 bits per heavy atom. The zero-order valence-electron chi connectivity index (χ0n) is 74.6. The van der Waals surface area contributed by atoms with E-state index in [0.29, 0.717) is 0 Å². The molecule has 0 bridgehead atoms. The Hall–Kier alpha value is -16.0. The van der Waals surface area contributed by atoms with Crippen LogP contribution in [0.15, 0.2) is 408 Å². The van der Waals surface area contributed by atoms with Gasteiger partial charge in [-0.2, -0.15) is 0 Å². The van der Waals surface area contributed by atoms with Crippen LogP contribution in [0.2, 0.25) is 0 Å². The number of furan rings is 3. The number of hydrogen-bond acceptors (Lipinski definition) is 3. The molecule has 19 aromatic carbocycles. The molecule has 4 aliphatic carbocycles. The SMILES string of the molecule is CC1(C)c2cc(-c3cccc4c3oc3ccccc34)ccc2-c2ccc(-n3c4ccccc4c4ccc5c(c43)C(C)(C)c3ccccc3-5)cc21.CC1(C)c2ccccc2-c2ccc3c4ccccc4n(-c4ccc(-c5ccc6oc7ccccc7c6c5)cc4)c3c21.CC1(C)c2ccccc2-c2ccc3c4ccccc4n(-c4ccc(-c5cccc6c5oc5ccccc56)cc4)c3c21. The zero-order chi connectivity index (χ0) is 88.1. The molecule has 6 aromatic heterocycles. The molecule has 0 N–H and O–H groups in total. The number of aromatic nitrogens is 3. The van der Waals surface area contributed by atoms with Gasteiger partial charge in [0.15, 0.2) is 0 Å². The second-order valence-corrected chi connectivity index (χ2v) is 38.8. The fraction of sp³-hybridized carbons (Fsp3) is 0.0952. The van der Waals surface area contributed by atoms with Crippen LogP contribution in [0, 0.1) is 0 Å². The van der Waals surface area contributed by atoms with Crippen molar-refractivity contribution in [3.05, 3.63) is 439 Å². The van der Waals surface area contributed by atoms with Crippen LogP contribution in [0.3, 0.4) is 0 Å². The molecular weight excluding hydrogens is 1600 g/mol. The fourth-order valence-corrected chi connectivity index (χ4v) is 24.2. The highest BCUT2D eigenvalue weighted by molar-refractivity contribution is 6.18. The number of rotatable bonds is 6. The molecule has 0 saturated carbocycles. The van der Waals surface area contributed by atoms with Gasteiger partial charge in [0.1, 0.15) is 33.5 Å². The van der Waals surface area contributed by atoms with Crippen molar-refractivity contribution in [3.8, 4) is 95.0 Å². The molecule has 0 aliphatic heterocycles. The Balaban J connectivity index is 0.000000102. The van der Waals surface area contributed by atoms with Crippen LogP contribution >= 0.6 is 0 Å². The summed E-state index contributed by atoms with van der Waals surface area (Å²) in [7, 11) is 0. The summed E-state index contributed by atoms with van der Waals surface area (Å²) in [6.45, 7) is 19.0. The summed E-state index contributed by atoms with van der Waals surface area (Å²) in [4.78, 5) is 0. The van der Waals surface area contributed by atoms with Crippen LogP contribution in [0.1, 0.15) is 99.9 Å². The summed E-state index contributed by atoms with van der Waals surface area (Å²) in [6.07, 6.45) is 0. The number of nitrogens with zero attached hydrogens (tertiary/aromatic N) is 3.